The molecule has 154 valence electrons. The van der Waals surface area contributed by atoms with Gasteiger partial charge in [-0.25, -0.2) is 4.79 Å². The van der Waals surface area contributed by atoms with E-state index >= 15 is 0 Å². The van der Waals surface area contributed by atoms with Gasteiger partial charge in [-0.3, -0.25) is 0 Å². The Morgan fingerprint density at radius 3 is 2.13 bits per heavy atom. The molecule has 0 bridgehead atoms. The Labute approximate surface area is 181 Å². The molecule has 0 radical (unpaired) electrons. The second kappa shape index (κ2) is 10.1. The lowest BCUT2D eigenvalue weighted by Crippen LogP contribution is -2.26. The smallest absolute Gasteiger partial charge is 0.347 e. The average Bonchev–Trinajstić information content (AvgIpc) is 2.72. The number of nitrogens with zero attached hydrogens (tertiary/aromatic N) is 1. The summed E-state index contributed by atoms with van der Waals surface area (Å²) in [6.07, 6.45) is 0. The van der Waals surface area contributed by atoms with Gasteiger partial charge in [0.05, 0.1) is 0 Å². The highest BCUT2D eigenvalue weighted by molar-refractivity contribution is 7.99. The van der Waals surface area contributed by atoms with E-state index < -0.39 is 11.6 Å². The standard InChI is InChI=1S/C25H25NO3S/c1-25(2,3)29-23(27)18-28-26-24(19-12-6-4-7-13-19)21-16-10-11-17-22(21)30-20-14-8-5-9-15-20/h4-17H,18H2,1-3H3/b26-24+. The number of rotatable bonds is 7. The molecule has 0 saturated heterocycles. The molecular formula is C25H25NO3S. The molecule has 0 N–H and O–H groups in total. The van der Waals surface area contributed by atoms with Crippen LogP contribution in [0.25, 0.3) is 0 Å². The Bertz CT molecular complexity index is 996. The Balaban J connectivity index is 1.89. The highest BCUT2D eigenvalue weighted by Crippen LogP contribution is 2.31. The largest absolute Gasteiger partial charge is 0.457 e. The van der Waals surface area contributed by atoms with Crippen LogP contribution >= 0.6 is 11.8 Å². The minimum absolute atomic E-state index is 0.248. The van der Waals surface area contributed by atoms with Crippen LogP contribution in [0.5, 0.6) is 0 Å². The van der Waals surface area contributed by atoms with Crippen molar-refractivity contribution < 1.29 is 14.4 Å². The normalized spacial score (nSPS) is 11.8. The molecule has 0 aliphatic heterocycles. The third kappa shape index (κ3) is 6.49. The van der Waals surface area contributed by atoms with Crippen LogP contribution < -0.4 is 0 Å². The number of hydrogen-bond acceptors (Lipinski definition) is 5. The van der Waals surface area contributed by atoms with Crippen molar-refractivity contribution >= 4 is 23.4 Å². The van der Waals surface area contributed by atoms with Crippen LogP contribution in [0.4, 0.5) is 0 Å². The molecule has 0 aliphatic carbocycles. The van der Waals surface area contributed by atoms with Crippen molar-refractivity contribution in [1.29, 1.82) is 0 Å². The van der Waals surface area contributed by atoms with Crippen molar-refractivity contribution in [1.82, 2.24) is 0 Å². The maximum absolute atomic E-state index is 12.0. The van der Waals surface area contributed by atoms with E-state index in [1.807, 2.05) is 87.5 Å². The van der Waals surface area contributed by atoms with E-state index in [1.54, 1.807) is 11.8 Å². The second-order valence-corrected chi connectivity index (χ2v) is 8.69. The van der Waals surface area contributed by atoms with Gasteiger partial charge >= 0.3 is 5.97 Å². The molecule has 0 fully saturated rings. The summed E-state index contributed by atoms with van der Waals surface area (Å²) >= 11 is 1.66. The third-order valence-corrected chi connectivity index (χ3v) is 5.00. The predicted molar refractivity (Wildman–Crippen MR) is 121 cm³/mol. The SMILES string of the molecule is CC(C)(C)OC(=O)CO/N=C(\c1ccccc1)c1ccccc1Sc1ccccc1. The van der Waals surface area contributed by atoms with Gasteiger partial charge in [-0.05, 0) is 39.0 Å². The van der Waals surface area contributed by atoms with E-state index in [0.717, 1.165) is 20.9 Å². The number of hydrogen-bond donors (Lipinski definition) is 0. The number of esters is 1. The van der Waals surface area contributed by atoms with Gasteiger partial charge in [0.1, 0.15) is 11.3 Å². The van der Waals surface area contributed by atoms with E-state index in [-0.39, 0.29) is 6.61 Å². The minimum Gasteiger partial charge on any atom is -0.457 e. The average molecular weight is 420 g/mol. The lowest BCUT2D eigenvalue weighted by atomic mass is 10.0. The maximum atomic E-state index is 12.0. The fraction of sp³-hybridized carbons (Fsp3) is 0.200. The lowest BCUT2D eigenvalue weighted by Gasteiger charge is -2.19. The monoisotopic (exact) mass is 419 g/mol. The number of carbonyl (C=O) groups is 1. The van der Waals surface area contributed by atoms with Crippen LogP contribution in [0.2, 0.25) is 0 Å². The minimum atomic E-state index is -0.564. The van der Waals surface area contributed by atoms with Crippen LogP contribution in [0.3, 0.4) is 0 Å². The first-order valence-corrected chi connectivity index (χ1v) is 10.5. The van der Waals surface area contributed by atoms with Gasteiger partial charge in [-0.15, -0.1) is 0 Å². The van der Waals surface area contributed by atoms with Gasteiger partial charge < -0.3 is 9.57 Å². The summed E-state index contributed by atoms with van der Waals surface area (Å²) in [7, 11) is 0. The molecule has 0 unspecified atom stereocenters. The summed E-state index contributed by atoms with van der Waals surface area (Å²) in [5.74, 6) is -0.453. The van der Waals surface area contributed by atoms with Crippen LogP contribution in [0.1, 0.15) is 31.9 Å². The molecule has 3 aromatic rings. The molecule has 0 atom stereocenters. The number of benzene rings is 3. The van der Waals surface area contributed by atoms with E-state index in [0.29, 0.717) is 5.71 Å². The molecule has 0 spiro atoms. The summed E-state index contributed by atoms with van der Waals surface area (Å²) in [5.41, 5.74) is 1.94. The molecule has 0 aliphatic rings. The summed E-state index contributed by atoms with van der Waals surface area (Å²) in [6.45, 7) is 5.21. The Kier molecular flexibility index (Phi) is 7.31. The Morgan fingerprint density at radius 2 is 1.47 bits per heavy atom. The van der Waals surface area contributed by atoms with E-state index in [1.165, 1.54) is 0 Å². The third-order valence-electron chi connectivity index (χ3n) is 3.92. The van der Waals surface area contributed by atoms with Gasteiger partial charge in [-0.1, -0.05) is 83.6 Å². The molecular weight excluding hydrogens is 394 g/mol. The van der Waals surface area contributed by atoms with Crippen molar-refractivity contribution in [2.24, 2.45) is 5.16 Å². The highest BCUT2D eigenvalue weighted by Gasteiger charge is 2.17. The molecule has 0 amide bonds. The van der Waals surface area contributed by atoms with Gasteiger partial charge in [0.2, 0.25) is 6.61 Å². The number of carbonyl (C=O) groups excluding carboxylic acids is 1. The topological polar surface area (TPSA) is 47.9 Å². The molecule has 0 aromatic heterocycles. The molecule has 0 heterocycles. The molecule has 3 aromatic carbocycles. The van der Waals surface area contributed by atoms with Crippen LogP contribution in [0.15, 0.2) is 99.9 Å². The first-order chi connectivity index (χ1) is 14.4. The second-order valence-electron chi connectivity index (χ2n) is 7.58. The quantitative estimate of drug-likeness (QED) is 0.270. The molecule has 3 rings (SSSR count). The van der Waals surface area contributed by atoms with E-state index in [9.17, 15) is 4.79 Å². The summed E-state index contributed by atoms with van der Waals surface area (Å²) in [5, 5.41) is 4.34. The number of ether oxygens (including phenoxy) is 1. The van der Waals surface area contributed by atoms with Gasteiger partial charge in [-0.2, -0.15) is 0 Å². The van der Waals surface area contributed by atoms with Crippen molar-refractivity contribution in [2.45, 2.75) is 36.2 Å². The summed E-state index contributed by atoms with van der Waals surface area (Å²) in [6, 6.07) is 28.0. The molecule has 4 nitrogen and oxygen atoms in total. The van der Waals surface area contributed by atoms with Crippen LogP contribution in [0, 0.1) is 0 Å². The maximum Gasteiger partial charge on any atom is 0.347 e. The fourth-order valence-corrected chi connectivity index (χ4v) is 3.71. The first kappa shape index (κ1) is 21.7. The van der Waals surface area contributed by atoms with Gasteiger partial charge in [0.25, 0.3) is 0 Å². The van der Waals surface area contributed by atoms with E-state index in [2.05, 4.69) is 23.4 Å². The number of oxime groups is 1. The van der Waals surface area contributed by atoms with Crippen LogP contribution in [-0.4, -0.2) is 23.9 Å². The van der Waals surface area contributed by atoms with Crippen molar-refractivity contribution in [3.63, 3.8) is 0 Å². The van der Waals surface area contributed by atoms with Crippen molar-refractivity contribution in [2.75, 3.05) is 6.61 Å². The van der Waals surface area contributed by atoms with E-state index in [4.69, 9.17) is 9.57 Å². The first-order valence-electron chi connectivity index (χ1n) is 9.72. The van der Waals surface area contributed by atoms with Crippen LogP contribution in [-0.2, 0) is 14.4 Å². The summed E-state index contributed by atoms with van der Waals surface area (Å²) < 4.78 is 5.30. The zero-order chi connectivity index (χ0) is 21.4. The van der Waals surface area contributed by atoms with Crippen molar-refractivity contribution in [3.05, 3.63) is 96.1 Å². The Hall–Kier alpha value is -3.05. The van der Waals surface area contributed by atoms with Gasteiger partial charge in [0.15, 0.2) is 0 Å². The molecule has 0 saturated carbocycles. The fourth-order valence-electron chi connectivity index (χ4n) is 2.74. The zero-order valence-electron chi connectivity index (χ0n) is 17.4. The predicted octanol–water partition coefficient (Wildman–Crippen LogP) is 5.95. The highest BCUT2D eigenvalue weighted by atomic mass is 32.2. The molecule has 30 heavy (non-hydrogen) atoms. The summed E-state index contributed by atoms with van der Waals surface area (Å²) in [4.78, 5) is 19.6. The van der Waals surface area contributed by atoms with Gasteiger partial charge in [0, 0.05) is 20.9 Å². The molecule has 5 heteroatoms. The Morgan fingerprint density at radius 1 is 0.867 bits per heavy atom. The lowest BCUT2D eigenvalue weighted by molar-refractivity contribution is -0.160. The zero-order valence-corrected chi connectivity index (χ0v) is 18.2. The van der Waals surface area contributed by atoms with Crippen molar-refractivity contribution in [3.8, 4) is 0 Å².